The molecular weight excluding hydrogens is 310 g/mol. The van der Waals surface area contributed by atoms with Crippen LogP contribution in [0, 0.1) is 37.5 Å². The van der Waals surface area contributed by atoms with Gasteiger partial charge in [-0.05, 0) is 51.2 Å². The van der Waals surface area contributed by atoms with Crippen molar-refractivity contribution in [2.75, 3.05) is 4.90 Å². The molecule has 0 unspecified atom stereocenters. The molecule has 1 saturated heterocycles. The molecular formula is C22H23NO2. The number of anilines is 1. The minimum Gasteiger partial charge on any atom is -0.274 e. The van der Waals surface area contributed by atoms with Crippen LogP contribution >= 0.6 is 0 Å². The lowest BCUT2D eigenvalue weighted by Crippen LogP contribution is -2.33. The Morgan fingerprint density at radius 1 is 0.920 bits per heavy atom. The lowest BCUT2D eigenvalue weighted by Gasteiger charge is -2.21. The standard InChI is InChI=1S/C22H23NO2/c1-12-7-10-17(13(2)11-12)23-21(24)19-15-8-9-16(20(19)22(23)25)18(15)14-5-3-4-6-14/h7-11,15-16,19-20H,3-6H2,1-2H3/t15-,16-,19-,20+/m0/s1. The van der Waals surface area contributed by atoms with Crippen molar-refractivity contribution in [1.82, 2.24) is 0 Å². The molecule has 3 fully saturated rings. The zero-order chi connectivity index (χ0) is 17.3. The maximum absolute atomic E-state index is 13.2. The molecule has 2 amide bonds. The van der Waals surface area contributed by atoms with Crippen LogP contribution in [-0.4, -0.2) is 11.8 Å². The van der Waals surface area contributed by atoms with Gasteiger partial charge in [0.25, 0.3) is 0 Å². The van der Waals surface area contributed by atoms with E-state index in [-0.39, 0.29) is 35.5 Å². The Balaban J connectivity index is 1.56. The molecule has 128 valence electrons. The lowest BCUT2D eigenvalue weighted by molar-refractivity contribution is -0.122. The van der Waals surface area contributed by atoms with Gasteiger partial charge in [-0.2, -0.15) is 0 Å². The number of carbonyl (C=O) groups is 2. The van der Waals surface area contributed by atoms with Gasteiger partial charge in [0, 0.05) is 11.8 Å². The van der Waals surface area contributed by atoms with Crippen molar-refractivity contribution in [2.24, 2.45) is 23.7 Å². The predicted octanol–water partition coefficient (Wildman–Crippen LogP) is 4.10. The monoisotopic (exact) mass is 333 g/mol. The molecule has 1 aromatic rings. The van der Waals surface area contributed by atoms with Gasteiger partial charge in [-0.1, -0.05) is 41.0 Å². The van der Waals surface area contributed by atoms with Gasteiger partial charge < -0.3 is 0 Å². The van der Waals surface area contributed by atoms with E-state index >= 15 is 0 Å². The molecule has 1 aliphatic heterocycles. The van der Waals surface area contributed by atoms with Crippen LogP contribution in [0.4, 0.5) is 5.69 Å². The van der Waals surface area contributed by atoms with Gasteiger partial charge in [0.2, 0.25) is 11.8 Å². The van der Waals surface area contributed by atoms with E-state index in [0.717, 1.165) is 29.7 Å². The number of fused-ring (bicyclic) bond motifs is 5. The summed E-state index contributed by atoms with van der Waals surface area (Å²) in [5, 5.41) is 0. The second kappa shape index (κ2) is 5.17. The molecule has 2 saturated carbocycles. The number of aryl methyl sites for hydroxylation is 2. The highest BCUT2D eigenvalue weighted by atomic mass is 16.2. The minimum absolute atomic E-state index is 0.00917. The van der Waals surface area contributed by atoms with E-state index in [1.54, 1.807) is 0 Å². The van der Waals surface area contributed by atoms with E-state index in [1.165, 1.54) is 28.9 Å². The van der Waals surface area contributed by atoms with Gasteiger partial charge in [-0.25, -0.2) is 4.90 Å². The average molecular weight is 333 g/mol. The van der Waals surface area contributed by atoms with Crippen LogP contribution in [0.5, 0.6) is 0 Å². The highest BCUT2D eigenvalue weighted by Crippen LogP contribution is 2.58. The second-order valence-corrected chi connectivity index (χ2v) is 8.06. The summed E-state index contributed by atoms with van der Waals surface area (Å²) >= 11 is 0. The van der Waals surface area contributed by atoms with Gasteiger partial charge >= 0.3 is 0 Å². The first-order chi connectivity index (χ1) is 12.1. The number of hydrogen-bond acceptors (Lipinski definition) is 2. The first-order valence-corrected chi connectivity index (χ1v) is 9.43. The number of carbonyl (C=O) groups excluding carboxylic acids is 2. The SMILES string of the molecule is Cc1ccc(N2C(=O)[C@@H]3[C@H](C2=O)[C@H]2C=C[C@H]3C2=C2CCCC2)c(C)c1. The number of hydrogen-bond donors (Lipinski definition) is 0. The van der Waals surface area contributed by atoms with E-state index in [9.17, 15) is 9.59 Å². The van der Waals surface area contributed by atoms with E-state index in [1.807, 2.05) is 32.0 Å². The molecule has 3 aliphatic carbocycles. The number of rotatable bonds is 1. The van der Waals surface area contributed by atoms with Crippen molar-refractivity contribution in [1.29, 1.82) is 0 Å². The van der Waals surface area contributed by atoms with Crippen LogP contribution in [0.2, 0.25) is 0 Å². The van der Waals surface area contributed by atoms with Gasteiger partial charge in [0.05, 0.1) is 17.5 Å². The smallest absolute Gasteiger partial charge is 0.238 e. The average Bonchev–Trinajstić information content (AvgIpc) is 3.32. The van der Waals surface area contributed by atoms with Crippen molar-refractivity contribution in [3.63, 3.8) is 0 Å². The van der Waals surface area contributed by atoms with Gasteiger partial charge in [0.1, 0.15) is 0 Å². The van der Waals surface area contributed by atoms with Crippen molar-refractivity contribution in [3.05, 3.63) is 52.6 Å². The molecule has 25 heavy (non-hydrogen) atoms. The normalized spacial score (nSPS) is 33.1. The van der Waals surface area contributed by atoms with E-state index in [0.29, 0.717) is 0 Å². The lowest BCUT2D eigenvalue weighted by atomic mass is 9.85. The van der Waals surface area contributed by atoms with Crippen molar-refractivity contribution in [2.45, 2.75) is 39.5 Å². The van der Waals surface area contributed by atoms with Crippen LogP contribution in [-0.2, 0) is 9.59 Å². The largest absolute Gasteiger partial charge is 0.274 e. The fourth-order valence-corrected chi connectivity index (χ4v) is 5.62. The Hall–Kier alpha value is -2.16. The number of amides is 2. The number of nitrogens with zero attached hydrogens (tertiary/aromatic N) is 1. The Bertz CT molecular complexity index is 821. The van der Waals surface area contributed by atoms with E-state index in [2.05, 4.69) is 12.2 Å². The Labute approximate surface area is 148 Å². The summed E-state index contributed by atoms with van der Waals surface area (Å²) in [7, 11) is 0. The molecule has 0 radical (unpaired) electrons. The highest BCUT2D eigenvalue weighted by molar-refractivity contribution is 6.23. The molecule has 1 heterocycles. The summed E-state index contributed by atoms with van der Waals surface area (Å²) in [5.41, 5.74) is 5.87. The summed E-state index contributed by atoms with van der Waals surface area (Å²) in [6.45, 7) is 4.01. The maximum atomic E-state index is 13.2. The summed E-state index contributed by atoms with van der Waals surface area (Å²) in [5.74, 6) is -0.00647. The molecule has 0 spiro atoms. The molecule has 1 aromatic carbocycles. The van der Waals surface area contributed by atoms with E-state index in [4.69, 9.17) is 0 Å². The van der Waals surface area contributed by atoms with Crippen molar-refractivity contribution < 1.29 is 9.59 Å². The summed E-state index contributed by atoms with van der Waals surface area (Å²) in [6.07, 6.45) is 9.22. The zero-order valence-corrected chi connectivity index (χ0v) is 14.8. The van der Waals surface area contributed by atoms with Crippen LogP contribution in [0.15, 0.2) is 41.5 Å². The maximum Gasteiger partial charge on any atom is 0.238 e. The zero-order valence-electron chi connectivity index (χ0n) is 14.8. The van der Waals surface area contributed by atoms with Crippen LogP contribution in [0.25, 0.3) is 0 Å². The first-order valence-electron chi connectivity index (χ1n) is 9.43. The Morgan fingerprint density at radius 3 is 2.08 bits per heavy atom. The molecule has 0 N–H and O–H groups in total. The Morgan fingerprint density at radius 2 is 1.52 bits per heavy atom. The van der Waals surface area contributed by atoms with Gasteiger partial charge in [-0.3, -0.25) is 9.59 Å². The molecule has 3 heteroatoms. The number of allylic oxidation sites excluding steroid dienone is 4. The highest BCUT2D eigenvalue weighted by Gasteiger charge is 2.62. The quantitative estimate of drug-likeness (QED) is 0.573. The number of imide groups is 1. The third-order valence-electron chi connectivity index (χ3n) is 6.62. The molecule has 4 aliphatic rings. The van der Waals surface area contributed by atoms with Crippen LogP contribution in [0.3, 0.4) is 0 Å². The van der Waals surface area contributed by atoms with Gasteiger partial charge in [0.15, 0.2) is 0 Å². The van der Waals surface area contributed by atoms with Crippen molar-refractivity contribution in [3.8, 4) is 0 Å². The molecule has 0 aromatic heterocycles. The molecule has 4 atom stereocenters. The van der Waals surface area contributed by atoms with Crippen molar-refractivity contribution >= 4 is 17.5 Å². The first kappa shape index (κ1) is 15.1. The third kappa shape index (κ3) is 1.92. The summed E-state index contributed by atoms with van der Waals surface area (Å²) < 4.78 is 0. The molecule has 2 bridgehead atoms. The predicted molar refractivity (Wildman–Crippen MR) is 97.0 cm³/mol. The summed E-state index contributed by atoms with van der Waals surface area (Å²) in [4.78, 5) is 27.9. The minimum atomic E-state index is -0.175. The fraction of sp³-hybridized carbons (Fsp3) is 0.455. The fourth-order valence-electron chi connectivity index (χ4n) is 5.62. The molecule has 3 nitrogen and oxygen atoms in total. The van der Waals surface area contributed by atoms with Crippen LogP contribution in [0.1, 0.15) is 36.8 Å². The van der Waals surface area contributed by atoms with Gasteiger partial charge in [-0.15, -0.1) is 0 Å². The molecule has 5 rings (SSSR count). The summed E-state index contributed by atoms with van der Waals surface area (Å²) in [6, 6.07) is 5.95. The topological polar surface area (TPSA) is 37.4 Å². The van der Waals surface area contributed by atoms with E-state index < -0.39 is 0 Å². The third-order valence-corrected chi connectivity index (χ3v) is 6.62. The number of benzene rings is 1. The Kier molecular flexibility index (Phi) is 3.13. The van der Waals surface area contributed by atoms with Crippen LogP contribution < -0.4 is 4.90 Å². The second-order valence-electron chi connectivity index (χ2n) is 8.06.